The van der Waals surface area contributed by atoms with E-state index in [-0.39, 0.29) is 11.4 Å². The molecule has 8 heteroatoms. The summed E-state index contributed by atoms with van der Waals surface area (Å²) in [5, 5.41) is 25.4. The maximum atomic E-state index is 11.0. The Morgan fingerprint density at radius 3 is 2.52 bits per heavy atom. The summed E-state index contributed by atoms with van der Waals surface area (Å²) in [4.78, 5) is 20.2. The molecule has 0 saturated carbocycles. The van der Waals surface area contributed by atoms with E-state index in [9.17, 15) is 20.2 Å². The minimum Gasteiger partial charge on any atom is -0.271 e. The largest absolute Gasteiger partial charge is 0.301 e. The minimum atomic E-state index is -0.712. The van der Waals surface area contributed by atoms with E-state index >= 15 is 0 Å². The third-order valence-corrected chi connectivity index (χ3v) is 3.19. The lowest BCUT2D eigenvalue weighted by Gasteiger charge is -2.00. The number of hydrogen-bond donors (Lipinski definition) is 1. The van der Waals surface area contributed by atoms with Gasteiger partial charge in [0.25, 0.3) is 5.69 Å². The molecule has 25 heavy (non-hydrogen) atoms. The number of hydrazone groups is 1. The van der Waals surface area contributed by atoms with Crippen molar-refractivity contribution in [1.82, 2.24) is 0 Å². The van der Waals surface area contributed by atoms with Gasteiger partial charge in [-0.3, -0.25) is 25.7 Å². The van der Waals surface area contributed by atoms with E-state index in [0.29, 0.717) is 6.42 Å². The predicted molar refractivity (Wildman–Crippen MR) is 94.4 cm³/mol. The second kappa shape index (κ2) is 8.79. The molecule has 0 spiro atoms. The summed E-state index contributed by atoms with van der Waals surface area (Å²) in [6.45, 7) is 0. The van der Waals surface area contributed by atoms with E-state index in [0.717, 1.165) is 18.6 Å². The van der Waals surface area contributed by atoms with Crippen LogP contribution in [0.15, 0.2) is 53.6 Å². The summed E-state index contributed by atoms with van der Waals surface area (Å²) in [6.07, 6.45) is 2.77. The van der Waals surface area contributed by atoms with Crippen LogP contribution in [0, 0.1) is 32.1 Å². The van der Waals surface area contributed by atoms with E-state index in [2.05, 4.69) is 22.4 Å². The molecule has 126 valence electrons. The molecule has 0 unspecified atom stereocenters. The summed E-state index contributed by atoms with van der Waals surface area (Å²) >= 11 is 0. The van der Waals surface area contributed by atoms with Crippen LogP contribution < -0.4 is 5.43 Å². The quantitative estimate of drug-likeness (QED) is 0.375. The number of benzene rings is 2. The van der Waals surface area contributed by atoms with Crippen molar-refractivity contribution >= 4 is 23.3 Å². The Hall–Kier alpha value is -3.73. The molecule has 2 aromatic carbocycles. The molecule has 0 heterocycles. The fourth-order valence-corrected chi connectivity index (χ4v) is 1.98. The molecule has 0 aromatic heterocycles. The first-order valence-corrected chi connectivity index (χ1v) is 7.30. The second-order valence-electron chi connectivity index (χ2n) is 4.89. The van der Waals surface area contributed by atoms with Crippen molar-refractivity contribution in [2.45, 2.75) is 12.8 Å². The lowest BCUT2D eigenvalue weighted by Crippen LogP contribution is -1.98. The molecule has 0 fully saturated rings. The van der Waals surface area contributed by atoms with E-state index in [1.54, 1.807) is 0 Å². The van der Waals surface area contributed by atoms with Gasteiger partial charge < -0.3 is 0 Å². The first kappa shape index (κ1) is 17.6. The van der Waals surface area contributed by atoms with Crippen LogP contribution in [0.1, 0.15) is 12.0 Å². The van der Waals surface area contributed by atoms with Crippen LogP contribution in [0.2, 0.25) is 0 Å². The Balaban J connectivity index is 1.92. The number of anilines is 1. The summed E-state index contributed by atoms with van der Waals surface area (Å²) in [5.41, 5.74) is 2.93. The van der Waals surface area contributed by atoms with E-state index in [4.69, 9.17) is 0 Å². The Morgan fingerprint density at radius 1 is 1.08 bits per heavy atom. The molecule has 8 nitrogen and oxygen atoms in total. The van der Waals surface area contributed by atoms with Crippen LogP contribution >= 0.6 is 0 Å². The van der Waals surface area contributed by atoms with Crippen molar-refractivity contribution < 1.29 is 9.85 Å². The zero-order valence-corrected chi connectivity index (χ0v) is 13.1. The SMILES string of the molecule is O=[N+]([O-])c1ccc(N/N=C/C#CCCc2ccccc2)c([N+](=O)[O-])c1. The van der Waals surface area contributed by atoms with Crippen molar-refractivity contribution in [2.24, 2.45) is 5.10 Å². The molecule has 0 saturated heterocycles. The first-order chi connectivity index (χ1) is 12.1. The molecule has 0 bridgehead atoms. The Bertz CT molecular complexity index is 854. The lowest BCUT2D eigenvalue weighted by atomic mass is 10.1. The molecule has 0 aliphatic heterocycles. The Labute approximate surface area is 143 Å². The van der Waals surface area contributed by atoms with Gasteiger partial charge in [0.05, 0.1) is 22.1 Å². The highest BCUT2D eigenvalue weighted by Crippen LogP contribution is 2.28. The minimum absolute atomic E-state index is 0.0536. The molecule has 0 amide bonds. The van der Waals surface area contributed by atoms with E-state index < -0.39 is 15.5 Å². The highest BCUT2D eigenvalue weighted by Gasteiger charge is 2.18. The molecule has 0 aliphatic carbocycles. The third-order valence-electron chi connectivity index (χ3n) is 3.19. The number of aryl methyl sites for hydroxylation is 1. The monoisotopic (exact) mass is 338 g/mol. The fraction of sp³-hybridized carbons (Fsp3) is 0.118. The zero-order chi connectivity index (χ0) is 18.1. The van der Waals surface area contributed by atoms with Crippen LogP contribution in [0.5, 0.6) is 0 Å². The van der Waals surface area contributed by atoms with Crippen molar-refractivity contribution in [2.75, 3.05) is 5.43 Å². The van der Waals surface area contributed by atoms with Gasteiger partial charge in [0.15, 0.2) is 0 Å². The van der Waals surface area contributed by atoms with Crippen molar-refractivity contribution in [3.63, 3.8) is 0 Å². The van der Waals surface area contributed by atoms with Gasteiger partial charge in [-0.15, -0.1) is 0 Å². The normalized spacial score (nSPS) is 10.1. The number of hydrogen-bond acceptors (Lipinski definition) is 6. The molecule has 0 radical (unpaired) electrons. The van der Waals surface area contributed by atoms with Gasteiger partial charge in [-0.05, 0) is 18.1 Å². The topological polar surface area (TPSA) is 111 Å². The smallest absolute Gasteiger partial charge is 0.271 e. The average molecular weight is 338 g/mol. The van der Waals surface area contributed by atoms with Gasteiger partial charge in [0, 0.05) is 12.5 Å². The number of nitro benzene ring substituents is 2. The summed E-state index contributed by atoms with van der Waals surface area (Å²) in [7, 11) is 0. The maximum absolute atomic E-state index is 11.0. The van der Waals surface area contributed by atoms with Crippen molar-refractivity contribution in [1.29, 1.82) is 0 Å². The van der Waals surface area contributed by atoms with Crippen LogP contribution in [-0.2, 0) is 6.42 Å². The zero-order valence-electron chi connectivity index (χ0n) is 13.1. The highest BCUT2D eigenvalue weighted by molar-refractivity contribution is 5.79. The number of nitrogens with one attached hydrogen (secondary N) is 1. The molecule has 1 N–H and O–H groups in total. The van der Waals surface area contributed by atoms with Gasteiger partial charge >= 0.3 is 5.69 Å². The first-order valence-electron chi connectivity index (χ1n) is 7.30. The summed E-state index contributed by atoms with van der Waals surface area (Å²) in [5.74, 6) is 5.64. The fourth-order valence-electron chi connectivity index (χ4n) is 1.98. The maximum Gasteiger partial charge on any atom is 0.301 e. The van der Waals surface area contributed by atoms with E-state index in [1.165, 1.54) is 17.8 Å². The van der Waals surface area contributed by atoms with Gasteiger partial charge in [0.2, 0.25) is 0 Å². The lowest BCUT2D eigenvalue weighted by molar-refractivity contribution is -0.393. The number of non-ortho nitro benzene ring substituents is 1. The standard InChI is InChI=1S/C17H14N4O4/c22-20(23)15-10-11-16(17(13-15)21(24)25)19-18-12-6-2-5-9-14-7-3-1-4-8-14/h1,3-4,7-8,10-13,19H,5,9H2/b18-12+. The molecule has 0 atom stereocenters. The molecular formula is C17H14N4O4. The Kier molecular flexibility index (Phi) is 6.19. The predicted octanol–water partition coefficient (Wildman–Crippen LogP) is 3.54. The van der Waals surface area contributed by atoms with Crippen LogP contribution in [-0.4, -0.2) is 16.1 Å². The molecule has 2 aromatic rings. The van der Waals surface area contributed by atoms with Gasteiger partial charge in [-0.2, -0.15) is 5.10 Å². The van der Waals surface area contributed by atoms with Crippen molar-refractivity contribution in [3.05, 3.63) is 74.3 Å². The Morgan fingerprint density at radius 2 is 1.84 bits per heavy atom. The summed E-state index contributed by atoms with van der Waals surface area (Å²) < 4.78 is 0. The van der Waals surface area contributed by atoms with Crippen LogP contribution in [0.3, 0.4) is 0 Å². The van der Waals surface area contributed by atoms with Gasteiger partial charge in [-0.25, -0.2) is 0 Å². The van der Waals surface area contributed by atoms with Crippen LogP contribution in [0.4, 0.5) is 17.1 Å². The number of nitro groups is 2. The van der Waals surface area contributed by atoms with Gasteiger partial charge in [-0.1, -0.05) is 42.2 Å². The second-order valence-corrected chi connectivity index (χ2v) is 4.89. The third kappa shape index (κ3) is 5.44. The summed E-state index contributed by atoms with van der Waals surface area (Å²) in [6, 6.07) is 13.2. The van der Waals surface area contributed by atoms with E-state index in [1.807, 2.05) is 30.3 Å². The molecular weight excluding hydrogens is 324 g/mol. The molecule has 0 aliphatic rings. The number of nitrogens with zero attached hydrogens (tertiary/aromatic N) is 3. The van der Waals surface area contributed by atoms with Crippen molar-refractivity contribution in [3.8, 4) is 11.8 Å². The van der Waals surface area contributed by atoms with Crippen LogP contribution in [0.25, 0.3) is 0 Å². The molecule has 2 rings (SSSR count). The van der Waals surface area contributed by atoms with Gasteiger partial charge in [0.1, 0.15) is 5.69 Å². The average Bonchev–Trinajstić information content (AvgIpc) is 2.61. The number of rotatable bonds is 6. The highest BCUT2D eigenvalue weighted by atomic mass is 16.6.